The van der Waals surface area contributed by atoms with Crippen molar-refractivity contribution in [1.29, 1.82) is 0 Å². The van der Waals surface area contributed by atoms with Crippen molar-refractivity contribution in [3.8, 4) is 11.5 Å². The van der Waals surface area contributed by atoms with Gasteiger partial charge in [-0.2, -0.15) is 0 Å². The standard InChI is InChI=1S/C22H35NO5/c1-20(2,3)18(25)27-15-10-14(17(24)13-23-22(7,8)9)11-16(12-15)28-19(26)21(4,5)6/h10-12,17,23-24H,13H2,1-9H3/t17-/m0/s1. The second-order valence-electron chi connectivity index (χ2n) is 10.2. The van der Waals surface area contributed by atoms with E-state index in [-0.39, 0.29) is 17.0 Å². The highest BCUT2D eigenvalue weighted by Crippen LogP contribution is 2.30. The summed E-state index contributed by atoms with van der Waals surface area (Å²) in [4.78, 5) is 24.5. The summed E-state index contributed by atoms with van der Waals surface area (Å²) in [6.45, 7) is 16.8. The van der Waals surface area contributed by atoms with Crippen LogP contribution < -0.4 is 14.8 Å². The molecule has 1 rings (SSSR count). The van der Waals surface area contributed by atoms with E-state index in [1.807, 2.05) is 20.8 Å². The van der Waals surface area contributed by atoms with E-state index in [2.05, 4.69) is 5.32 Å². The van der Waals surface area contributed by atoms with Gasteiger partial charge in [0.1, 0.15) is 11.5 Å². The maximum atomic E-state index is 12.3. The zero-order valence-corrected chi connectivity index (χ0v) is 18.6. The highest BCUT2D eigenvalue weighted by molar-refractivity contribution is 5.79. The number of esters is 2. The molecule has 0 spiro atoms. The van der Waals surface area contributed by atoms with Crippen LogP contribution in [0.4, 0.5) is 0 Å². The minimum absolute atomic E-state index is 0.168. The molecule has 1 atom stereocenters. The lowest BCUT2D eigenvalue weighted by Gasteiger charge is -2.24. The SMILES string of the molecule is CC(C)(C)NC[C@H](O)c1cc(OC(=O)C(C)(C)C)cc(OC(=O)C(C)(C)C)c1. The predicted octanol–water partition coefficient (Wildman–Crippen LogP) is 4.01. The smallest absolute Gasteiger partial charge is 0.316 e. The Hall–Kier alpha value is -1.92. The molecule has 0 amide bonds. The van der Waals surface area contributed by atoms with Crippen molar-refractivity contribution in [3.63, 3.8) is 0 Å². The summed E-state index contributed by atoms with van der Waals surface area (Å²) in [6.07, 6.45) is -0.861. The maximum absolute atomic E-state index is 12.3. The van der Waals surface area contributed by atoms with Crippen LogP contribution in [-0.2, 0) is 9.59 Å². The molecule has 0 saturated carbocycles. The molecular formula is C22H35NO5. The molecule has 0 radical (unpaired) electrons. The minimum Gasteiger partial charge on any atom is -0.426 e. The fourth-order valence-corrected chi connectivity index (χ4v) is 1.94. The highest BCUT2D eigenvalue weighted by Gasteiger charge is 2.27. The zero-order chi connectivity index (χ0) is 21.9. The number of aliphatic hydroxyl groups is 1. The number of benzene rings is 1. The summed E-state index contributed by atoms with van der Waals surface area (Å²) in [5, 5.41) is 13.8. The summed E-state index contributed by atoms with van der Waals surface area (Å²) in [5.74, 6) is -0.381. The fourth-order valence-electron chi connectivity index (χ4n) is 1.94. The molecule has 0 unspecified atom stereocenters. The molecule has 0 aliphatic rings. The quantitative estimate of drug-likeness (QED) is 0.581. The number of β-amino-alcohol motifs (C(OH)–C–C–N with tert-alkyl or cyclic N) is 1. The van der Waals surface area contributed by atoms with Crippen molar-refractivity contribution in [1.82, 2.24) is 5.32 Å². The Bertz CT molecular complexity index is 659. The van der Waals surface area contributed by atoms with Crippen molar-refractivity contribution in [2.45, 2.75) is 74.0 Å². The molecule has 0 aromatic heterocycles. The van der Waals surface area contributed by atoms with Gasteiger partial charge in [-0.3, -0.25) is 9.59 Å². The summed E-state index contributed by atoms with van der Waals surface area (Å²) >= 11 is 0. The Morgan fingerprint density at radius 2 is 1.25 bits per heavy atom. The summed E-state index contributed by atoms with van der Waals surface area (Å²) in [5.41, 5.74) is -1.05. The minimum atomic E-state index is -0.861. The van der Waals surface area contributed by atoms with Gasteiger partial charge in [-0.05, 0) is 80.0 Å². The van der Waals surface area contributed by atoms with Gasteiger partial charge in [0, 0.05) is 18.2 Å². The number of carbonyl (C=O) groups excluding carboxylic acids is 2. The van der Waals surface area contributed by atoms with Gasteiger partial charge in [-0.25, -0.2) is 0 Å². The highest BCUT2D eigenvalue weighted by atomic mass is 16.5. The Kier molecular flexibility index (Phi) is 7.42. The first kappa shape index (κ1) is 24.1. The first-order valence-corrected chi connectivity index (χ1v) is 9.52. The summed E-state index contributed by atoms with van der Waals surface area (Å²) in [6, 6.07) is 4.67. The molecule has 6 nitrogen and oxygen atoms in total. The number of carbonyl (C=O) groups is 2. The average Bonchev–Trinajstić information content (AvgIpc) is 2.49. The van der Waals surface area contributed by atoms with E-state index < -0.39 is 28.9 Å². The molecule has 0 fully saturated rings. The average molecular weight is 394 g/mol. The third-order valence-electron chi connectivity index (χ3n) is 3.76. The fraction of sp³-hybridized carbons (Fsp3) is 0.636. The first-order valence-electron chi connectivity index (χ1n) is 9.52. The Morgan fingerprint density at radius 3 is 1.57 bits per heavy atom. The molecule has 158 valence electrons. The van der Waals surface area contributed by atoms with E-state index in [4.69, 9.17) is 9.47 Å². The lowest BCUT2D eigenvalue weighted by molar-refractivity contribution is -0.143. The Balaban J connectivity index is 3.19. The van der Waals surface area contributed by atoms with Crippen molar-refractivity contribution in [2.24, 2.45) is 10.8 Å². The molecule has 0 saturated heterocycles. The van der Waals surface area contributed by atoms with Crippen LogP contribution in [0.1, 0.15) is 74.0 Å². The van der Waals surface area contributed by atoms with Gasteiger partial charge in [0.2, 0.25) is 0 Å². The predicted molar refractivity (Wildman–Crippen MR) is 109 cm³/mol. The second kappa shape index (κ2) is 8.62. The van der Waals surface area contributed by atoms with Gasteiger partial charge >= 0.3 is 11.9 Å². The monoisotopic (exact) mass is 393 g/mol. The third kappa shape index (κ3) is 7.98. The lowest BCUT2D eigenvalue weighted by Crippen LogP contribution is -2.38. The van der Waals surface area contributed by atoms with E-state index in [9.17, 15) is 14.7 Å². The zero-order valence-electron chi connectivity index (χ0n) is 18.6. The molecule has 0 heterocycles. The normalized spacial score (nSPS) is 13.8. The van der Waals surface area contributed by atoms with Crippen LogP contribution in [-0.4, -0.2) is 29.1 Å². The first-order chi connectivity index (χ1) is 12.5. The number of hydrogen-bond acceptors (Lipinski definition) is 6. The van der Waals surface area contributed by atoms with E-state index in [0.717, 1.165) is 0 Å². The van der Waals surface area contributed by atoms with Crippen LogP contribution in [0.25, 0.3) is 0 Å². The third-order valence-corrected chi connectivity index (χ3v) is 3.76. The molecule has 6 heteroatoms. The van der Waals surface area contributed by atoms with E-state index in [0.29, 0.717) is 12.1 Å². The number of nitrogens with one attached hydrogen (secondary N) is 1. The van der Waals surface area contributed by atoms with Crippen molar-refractivity contribution in [3.05, 3.63) is 23.8 Å². The van der Waals surface area contributed by atoms with Gasteiger partial charge < -0.3 is 19.9 Å². The van der Waals surface area contributed by atoms with Crippen molar-refractivity contribution in [2.75, 3.05) is 6.54 Å². The van der Waals surface area contributed by atoms with Gasteiger partial charge in [-0.15, -0.1) is 0 Å². The molecule has 1 aromatic carbocycles. The number of hydrogen-bond donors (Lipinski definition) is 2. The van der Waals surface area contributed by atoms with Crippen LogP contribution in [0.5, 0.6) is 11.5 Å². The van der Waals surface area contributed by atoms with E-state index in [1.165, 1.54) is 6.07 Å². The van der Waals surface area contributed by atoms with Gasteiger partial charge in [-0.1, -0.05) is 0 Å². The van der Waals surface area contributed by atoms with Gasteiger partial charge in [0.15, 0.2) is 0 Å². The van der Waals surface area contributed by atoms with E-state index >= 15 is 0 Å². The molecule has 0 aliphatic carbocycles. The van der Waals surface area contributed by atoms with Crippen molar-refractivity contribution < 1.29 is 24.2 Å². The molecular weight excluding hydrogens is 358 g/mol. The van der Waals surface area contributed by atoms with Crippen LogP contribution in [0.15, 0.2) is 18.2 Å². The van der Waals surface area contributed by atoms with Gasteiger partial charge in [0.25, 0.3) is 0 Å². The topological polar surface area (TPSA) is 84.9 Å². The second-order valence-corrected chi connectivity index (χ2v) is 10.2. The number of aliphatic hydroxyl groups excluding tert-OH is 1. The lowest BCUT2D eigenvalue weighted by atomic mass is 9.97. The van der Waals surface area contributed by atoms with Crippen molar-refractivity contribution >= 4 is 11.9 Å². The van der Waals surface area contributed by atoms with Crippen LogP contribution in [0, 0.1) is 10.8 Å². The van der Waals surface area contributed by atoms with Crippen LogP contribution in [0.2, 0.25) is 0 Å². The molecule has 28 heavy (non-hydrogen) atoms. The van der Waals surface area contributed by atoms with Crippen LogP contribution in [0.3, 0.4) is 0 Å². The number of ether oxygens (including phenoxy) is 2. The van der Waals surface area contributed by atoms with Gasteiger partial charge in [0.05, 0.1) is 16.9 Å². The molecule has 0 aliphatic heterocycles. The summed E-state index contributed by atoms with van der Waals surface area (Å²) < 4.78 is 10.9. The molecule has 1 aromatic rings. The van der Waals surface area contributed by atoms with E-state index in [1.54, 1.807) is 53.7 Å². The molecule has 2 N–H and O–H groups in total. The number of rotatable bonds is 5. The Labute approximate surface area is 168 Å². The molecule has 0 bridgehead atoms. The van der Waals surface area contributed by atoms with Crippen LogP contribution >= 0.6 is 0 Å². The summed E-state index contributed by atoms with van der Waals surface area (Å²) in [7, 11) is 0. The Morgan fingerprint density at radius 1 is 0.857 bits per heavy atom. The largest absolute Gasteiger partial charge is 0.426 e. The maximum Gasteiger partial charge on any atom is 0.316 e.